The van der Waals surface area contributed by atoms with Crippen molar-refractivity contribution in [3.8, 4) is 5.88 Å². The second-order valence-corrected chi connectivity index (χ2v) is 4.29. The molecular formula is C10H10BrN3O3. The molecule has 0 radical (unpaired) electrons. The van der Waals surface area contributed by atoms with Crippen LogP contribution in [0.15, 0.2) is 4.60 Å². The summed E-state index contributed by atoms with van der Waals surface area (Å²) in [6.45, 7) is 3.51. The van der Waals surface area contributed by atoms with Crippen LogP contribution in [0.3, 0.4) is 0 Å². The third kappa shape index (κ3) is 1.66. The van der Waals surface area contributed by atoms with Gasteiger partial charge in [-0.3, -0.25) is 0 Å². The molecule has 0 saturated carbocycles. The van der Waals surface area contributed by atoms with E-state index in [1.807, 2.05) is 6.92 Å². The van der Waals surface area contributed by atoms with Gasteiger partial charge in [0.2, 0.25) is 5.88 Å². The third-order valence-corrected chi connectivity index (χ3v) is 3.29. The van der Waals surface area contributed by atoms with Gasteiger partial charge in [-0.2, -0.15) is 5.10 Å². The highest BCUT2D eigenvalue weighted by molar-refractivity contribution is 9.10. The van der Waals surface area contributed by atoms with Crippen LogP contribution in [0.5, 0.6) is 5.88 Å². The Bertz CT molecular complexity index is 621. The van der Waals surface area contributed by atoms with Crippen molar-refractivity contribution in [1.82, 2.24) is 14.6 Å². The summed E-state index contributed by atoms with van der Waals surface area (Å²) >= 11 is 3.30. The summed E-state index contributed by atoms with van der Waals surface area (Å²) in [7, 11) is 1.45. The Kier molecular flexibility index (Phi) is 2.78. The average molecular weight is 300 g/mol. The molecule has 1 N–H and O–H groups in total. The van der Waals surface area contributed by atoms with Gasteiger partial charge < -0.3 is 9.84 Å². The van der Waals surface area contributed by atoms with E-state index >= 15 is 0 Å². The van der Waals surface area contributed by atoms with Gasteiger partial charge in [-0.1, -0.05) is 0 Å². The number of nitrogens with zero attached hydrogens (tertiary/aromatic N) is 3. The van der Waals surface area contributed by atoms with Crippen LogP contribution in [0.4, 0.5) is 0 Å². The van der Waals surface area contributed by atoms with E-state index in [2.05, 4.69) is 26.0 Å². The quantitative estimate of drug-likeness (QED) is 0.915. The number of halogens is 1. The Balaban J connectivity index is 2.95. The maximum atomic E-state index is 11.1. The second-order valence-electron chi connectivity index (χ2n) is 3.54. The molecule has 0 unspecified atom stereocenters. The molecule has 2 aromatic heterocycles. The fourth-order valence-corrected chi connectivity index (χ4v) is 1.99. The zero-order valence-corrected chi connectivity index (χ0v) is 11.1. The number of hydrogen-bond acceptors (Lipinski definition) is 4. The molecule has 0 spiro atoms. The van der Waals surface area contributed by atoms with Gasteiger partial charge in [0.05, 0.1) is 12.8 Å². The van der Waals surface area contributed by atoms with Gasteiger partial charge in [0, 0.05) is 5.56 Å². The molecule has 17 heavy (non-hydrogen) atoms. The standard InChI is InChI=1S/C10H10BrN3O3/c1-4-7-9(17-3)12-6(10(15)16)5(2)14(7)13-8(4)11/h1-3H3,(H,15,16). The third-order valence-electron chi connectivity index (χ3n) is 2.54. The second kappa shape index (κ2) is 3.99. The van der Waals surface area contributed by atoms with Gasteiger partial charge in [-0.25, -0.2) is 14.3 Å². The molecule has 0 atom stereocenters. The maximum Gasteiger partial charge on any atom is 0.356 e. The Morgan fingerprint density at radius 3 is 2.65 bits per heavy atom. The molecule has 0 aromatic carbocycles. The Morgan fingerprint density at radius 1 is 1.47 bits per heavy atom. The summed E-state index contributed by atoms with van der Waals surface area (Å²) in [6, 6.07) is 0. The zero-order chi connectivity index (χ0) is 12.7. The minimum atomic E-state index is -1.10. The van der Waals surface area contributed by atoms with Gasteiger partial charge in [-0.15, -0.1) is 0 Å². The van der Waals surface area contributed by atoms with E-state index in [1.165, 1.54) is 11.6 Å². The molecule has 0 amide bonds. The van der Waals surface area contributed by atoms with Crippen LogP contribution in [0.1, 0.15) is 21.7 Å². The molecule has 0 aliphatic heterocycles. The number of fused-ring (bicyclic) bond motifs is 1. The minimum absolute atomic E-state index is 0.0654. The number of ether oxygens (including phenoxy) is 1. The summed E-state index contributed by atoms with van der Waals surface area (Å²) in [6.07, 6.45) is 0. The van der Waals surface area contributed by atoms with Gasteiger partial charge in [0.1, 0.15) is 10.1 Å². The van der Waals surface area contributed by atoms with E-state index < -0.39 is 5.97 Å². The van der Waals surface area contributed by atoms with Crippen molar-refractivity contribution in [2.75, 3.05) is 7.11 Å². The van der Waals surface area contributed by atoms with Crippen LogP contribution in [0, 0.1) is 13.8 Å². The lowest BCUT2D eigenvalue weighted by molar-refractivity contribution is 0.0687. The van der Waals surface area contributed by atoms with Crippen LogP contribution in [0.25, 0.3) is 5.52 Å². The predicted molar refractivity (Wildman–Crippen MR) is 63.7 cm³/mol. The Morgan fingerprint density at radius 2 is 2.12 bits per heavy atom. The topological polar surface area (TPSA) is 76.7 Å². The molecule has 2 aromatic rings. The van der Waals surface area contributed by atoms with E-state index in [9.17, 15) is 4.79 Å². The molecule has 0 aliphatic rings. The molecule has 0 bridgehead atoms. The monoisotopic (exact) mass is 299 g/mol. The molecule has 6 nitrogen and oxygen atoms in total. The van der Waals surface area contributed by atoms with Gasteiger partial charge in [0.25, 0.3) is 0 Å². The minimum Gasteiger partial charge on any atom is -0.479 e. The van der Waals surface area contributed by atoms with Crippen LogP contribution in [-0.2, 0) is 0 Å². The number of aromatic carboxylic acids is 1. The number of rotatable bonds is 2. The van der Waals surface area contributed by atoms with E-state index in [0.29, 0.717) is 15.8 Å². The van der Waals surface area contributed by atoms with Crippen LogP contribution in [-0.4, -0.2) is 32.8 Å². The molecule has 90 valence electrons. The number of aromatic nitrogens is 3. The normalized spacial score (nSPS) is 10.8. The highest BCUT2D eigenvalue weighted by Gasteiger charge is 2.20. The van der Waals surface area contributed by atoms with Gasteiger partial charge in [-0.05, 0) is 29.8 Å². The lowest BCUT2D eigenvalue weighted by atomic mass is 10.3. The fourth-order valence-electron chi connectivity index (χ4n) is 1.64. The molecule has 2 heterocycles. The SMILES string of the molecule is COc1nc(C(=O)O)c(C)n2nc(Br)c(C)c12. The van der Waals surface area contributed by atoms with Crippen LogP contribution < -0.4 is 4.74 Å². The van der Waals surface area contributed by atoms with Crippen molar-refractivity contribution in [2.24, 2.45) is 0 Å². The average Bonchev–Trinajstić information content (AvgIpc) is 2.57. The first-order valence-corrected chi connectivity index (χ1v) is 5.59. The number of methoxy groups -OCH3 is 1. The van der Waals surface area contributed by atoms with Crippen molar-refractivity contribution < 1.29 is 14.6 Å². The number of carbonyl (C=O) groups is 1. The molecule has 2 rings (SSSR count). The molecule has 0 aliphatic carbocycles. The highest BCUT2D eigenvalue weighted by Crippen LogP contribution is 2.28. The summed E-state index contributed by atoms with van der Waals surface area (Å²) in [5.41, 5.74) is 1.92. The first-order chi connectivity index (χ1) is 7.97. The van der Waals surface area contributed by atoms with Crippen LogP contribution >= 0.6 is 15.9 Å². The lowest BCUT2D eigenvalue weighted by Crippen LogP contribution is -2.10. The number of carboxylic acid groups (broad SMARTS) is 1. The summed E-state index contributed by atoms with van der Waals surface area (Å²) in [5, 5.41) is 13.3. The summed E-state index contributed by atoms with van der Waals surface area (Å²) in [4.78, 5) is 15.0. The van der Waals surface area contributed by atoms with Gasteiger partial charge in [0.15, 0.2) is 5.69 Å². The highest BCUT2D eigenvalue weighted by atomic mass is 79.9. The van der Waals surface area contributed by atoms with Crippen molar-refractivity contribution in [2.45, 2.75) is 13.8 Å². The largest absolute Gasteiger partial charge is 0.479 e. The number of aryl methyl sites for hydroxylation is 2. The van der Waals surface area contributed by atoms with E-state index in [1.54, 1.807) is 6.92 Å². The first-order valence-electron chi connectivity index (χ1n) is 4.80. The Labute approximate surface area is 105 Å². The summed E-state index contributed by atoms with van der Waals surface area (Å²) in [5.74, 6) is -0.851. The predicted octanol–water partition coefficient (Wildman–Crippen LogP) is 1.82. The van der Waals surface area contributed by atoms with Crippen molar-refractivity contribution >= 4 is 27.4 Å². The number of hydrogen-bond donors (Lipinski definition) is 1. The fraction of sp³-hybridized carbons (Fsp3) is 0.300. The molecule has 0 saturated heterocycles. The first kappa shape index (κ1) is 11.8. The van der Waals surface area contributed by atoms with Crippen molar-refractivity contribution in [1.29, 1.82) is 0 Å². The zero-order valence-electron chi connectivity index (χ0n) is 9.48. The van der Waals surface area contributed by atoms with Crippen LogP contribution in [0.2, 0.25) is 0 Å². The molecule has 0 fully saturated rings. The lowest BCUT2D eigenvalue weighted by Gasteiger charge is -2.07. The smallest absolute Gasteiger partial charge is 0.356 e. The van der Waals surface area contributed by atoms with E-state index in [-0.39, 0.29) is 11.6 Å². The van der Waals surface area contributed by atoms with E-state index in [0.717, 1.165) is 5.56 Å². The summed E-state index contributed by atoms with van der Waals surface area (Å²) < 4.78 is 7.28. The van der Waals surface area contributed by atoms with E-state index in [4.69, 9.17) is 9.84 Å². The molecular weight excluding hydrogens is 290 g/mol. The Hall–Kier alpha value is -1.63. The molecule has 7 heteroatoms. The number of carboxylic acids is 1. The maximum absolute atomic E-state index is 11.1. The van der Waals surface area contributed by atoms with Gasteiger partial charge >= 0.3 is 5.97 Å². The van der Waals surface area contributed by atoms with Crippen molar-refractivity contribution in [3.05, 3.63) is 21.6 Å². The van der Waals surface area contributed by atoms with Crippen molar-refractivity contribution in [3.63, 3.8) is 0 Å².